The van der Waals surface area contributed by atoms with E-state index in [9.17, 15) is 23.5 Å². The number of benzene rings is 1. The van der Waals surface area contributed by atoms with Crippen molar-refractivity contribution >= 4 is 11.8 Å². The summed E-state index contributed by atoms with van der Waals surface area (Å²) < 4.78 is 27.6. The Labute approximate surface area is 138 Å². The van der Waals surface area contributed by atoms with E-state index < -0.39 is 29.7 Å². The number of aliphatic hydroxyl groups is 1. The van der Waals surface area contributed by atoms with Gasteiger partial charge in [0.15, 0.2) is 0 Å². The van der Waals surface area contributed by atoms with Crippen LogP contribution in [0.15, 0.2) is 18.2 Å². The van der Waals surface area contributed by atoms with Gasteiger partial charge in [0.25, 0.3) is 0 Å². The number of likely N-dealkylation sites (tertiary alicyclic amines) is 2. The number of carbonyl (C=O) groups is 2. The summed E-state index contributed by atoms with van der Waals surface area (Å²) in [5.74, 6) is -2.06. The first-order chi connectivity index (χ1) is 11.4. The third-order valence-electron chi connectivity index (χ3n) is 4.82. The molecule has 2 fully saturated rings. The maximum absolute atomic E-state index is 14.1. The van der Waals surface area contributed by atoms with E-state index >= 15 is 0 Å². The maximum Gasteiger partial charge on any atom is 0.228 e. The van der Waals surface area contributed by atoms with Gasteiger partial charge in [0.1, 0.15) is 11.6 Å². The SMILES string of the molecule is CCN1C[C@H](C(=O)N2C[C@@H](O)C[C@H]2c2cc(F)ccc2F)CC1=O. The van der Waals surface area contributed by atoms with E-state index in [4.69, 9.17) is 0 Å². The summed E-state index contributed by atoms with van der Waals surface area (Å²) in [5, 5.41) is 9.95. The van der Waals surface area contributed by atoms with E-state index in [1.54, 1.807) is 4.90 Å². The fourth-order valence-corrected chi connectivity index (χ4v) is 3.60. The highest BCUT2D eigenvalue weighted by Gasteiger charge is 2.42. The minimum Gasteiger partial charge on any atom is -0.391 e. The fraction of sp³-hybridized carbons (Fsp3) is 0.529. The summed E-state index contributed by atoms with van der Waals surface area (Å²) in [4.78, 5) is 27.6. The van der Waals surface area contributed by atoms with Gasteiger partial charge in [-0.25, -0.2) is 8.78 Å². The van der Waals surface area contributed by atoms with Crippen molar-refractivity contribution < 1.29 is 23.5 Å². The number of halogens is 2. The molecule has 0 bridgehead atoms. The molecular weight excluding hydrogens is 318 g/mol. The van der Waals surface area contributed by atoms with Gasteiger partial charge in [-0.15, -0.1) is 0 Å². The summed E-state index contributed by atoms with van der Waals surface area (Å²) in [7, 11) is 0. The molecule has 7 heteroatoms. The number of carbonyl (C=O) groups excluding carboxylic acids is 2. The van der Waals surface area contributed by atoms with Crippen LogP contribution in [-0.4, -0.2) is 52.5 Å². The Morgan fingerprint density at radius 2 is 2.08 bits per heavy atom. The van der Waals surface area contributed by atoms with Crippen LogP contribution in [0, 0.1) is 17.6 Å². The zero-order chi connectivity index (χ0) is 17.4. The predicted octanol–water partition coefficient (Wildman–Crippen LogP) is 1.47. The second-order valence-corrected chi connectivity index (χ2v) is 6.40. The number of hydrogen-bond acceptors (Lipinski definition) is 3. The van der Waals surface area contributed by atoms with E-state index in [-0.39, 0.29) is 36.8 Å². The molecule has 0 aliphatic carbocycles. The highest BCUT2D eigenvalue weighted by atomic mass is 19.1. The molecule has 1 aromatic carbocycles. The molecule has 0 spiro atoms. The molecule has 0 radical (unpaired) electrons. The van der Waals surface area contributed by atoms with Crippen LogP contribution < -0.4 is 0 Å². The largest absolute Gasteiger partial charge is 0.391 e. The number of hydrogen-bond donors (Lipinski definition) is 1. The summed E-state index contributed by atoms with van der Waals surface area (Å²) in [6.07, 6.45) is -0.511. The van der Waals surface area contributed by atoms with E-state index in [1.807, 2.05) is 6.92 Å². The van der Waals surface area contributed by atoms with E-state index in [0.29, 0.717) is 13.1 Å². The molecule has 2 heterocycles. The highest BCUT2D eigenvalue weighted by molar-refractivity contribution is 5.89. The Balaban J connectivity index is 1.84. The third-order valence-corrected chi connectivity index (χ3v) is 4.82. The fourth-order valence-electron chi connectivity index (χ4n) is 3.60. The molecule has 2 saturated heterocycles. The number of β-amino-alcohol motifs (C(OH)–C–C–N with tert-alkyl or cyclic N) is 1. The predicted molar refractivity (Wildman–Crippen MR) is 81.8 cm³/mol. The van der Waals surface area contributed by atoms with Crippen LogP contribution in [0.3, 0.4) is 0 Å². The minimum atomic E-state index is -0.791. The van der Waals surface area contributed by atoms with Crippen LogP contribution in [0.1, 0.15) is 31.4 Å². The quantitative estimate of drug-likeness (QED) is 0.908. The zero-order valence-corrected chi connectivity index (χ0v) is 13.4. The van der Waals surface area contributed by atoms with Gasteiger partial charge >= 0.3 is 0 Å². The Bertz CT molecular complexity index is 667. The van der Waals surface area contributed by atoms with Crippen molar-refractivity contribution in [2.75, 3.05) is 19.6 Å². The first kappa shape index (κ1) is 16.8. The lowest BCUT2D eigenvalue weighted by molar-refractivity contribution is -0.137. The first-order valence-electron chi connectivity index (χ1n) is 8.12. The van der Waals surface area contributed by atoms with Crippen LogP contribution in [0.4, 0.5) is 8.78 Å². The molecule has 0 unspecified atom stereocenters. The normalized spacial score (nSPS) is 27.2. The molecule has 5 nitrogen and oxygen atoms in total. The second-order valence-electron chi connectivity index (χ2n) is 6.40. The van der Waals surface area contributed by atoms with Crippen molar-refractivity contribution in [2.45, 2.75) is 31.9 Å². The number of amides is 2. The molecule has 3 rings (SSSR count). The van der Waals surface area contributed by atoms with Gasteiger partial charge in [-0.3, -0.25) is 9.59 Å². The Morgan fingerprint density at radius 3 is 2.75 bits per heavy atom. The van der Waals surface area contributed by atoms with Crippen molar-refractivity contribution in [2.24, 2.45) is 5.92 Å². The lowest BCUT2D eigenvalue weighted by Gasteiger charge is -2.27. The zero-order valence-electron chi connectivity index (χ0n) is 13.4. The molecule has 1 aromatic rings. The van der Waals surface area contributed by atoms with Crippen LogP contribution >= 0.6 is 0 Å². The van der Waals surface area contributed by atoms with Gasteiger partial charge in [0.2, 0.25) is 11.8 Å². The van der Waals surface area contributed by atoms with Gasteiger partial charge in [-0.1, -0.05) is 0 Å². The van der Waals surface area contributed by atoms with Crippen molar-refractivity contribution in [3.63, 3.8) is 0 Å². The third kappa shape index (κ3) is 3.00. The molecule has 0 saturated carbocycles. The van der Waals surface area contributed by atoms with Crippen LogP contribution in [0.5, 0.6) is 0 Å². The van der Waals surface area contributed by atoms with Gasteiger partial charge in [-0.05, 0) is 31.5 Å². The van der Waals surface area contributed by atoms with Crippen molar-refractivity contribution in [1.29, 1.82) is 0 Å². The second kappa shape index (κ2) is 6.47. The first-order valence-corrected chi connectivity index (χ1v) is 8.12. The summed E-state index contributed by atoms with van der Waals surface area (Å²) in [5.41, 5.74) is 0.0663. The number of rotatable bonds is 3. The van der Waals surface area contributed by atoms with E-state index in [2.05, 4.69) is 0 Å². The van der Waals surface area contributed by atoms with Gasteiger partial charge in [0, 0.05) is 31.6 Å². The lowest BCUT2D eigenvalue weighted by atomic mass is 10.0. The van der Waals surface area contributed by atoms with E-state index in [0.717, 1.165) is 18.2 Å². The maximum atomic E-state index is 14.1. The molecular formula is C17H20F2N2O3. The van der Waals surface area contributed by atoms with Crippen molar-refractivity contribution in [1.82, 2.24) is 9.80 Å². The Kier molecular flexibility index (Phi) is 4.54. The summed E-state index contributed by atoms with van der Waals surface area (Å²) >= 11 is 0. The Morgan fingerprint density at radius 1 is 1.33 bits per heavy atom. The lowest BCUT2D eigenvalue weighted by Crippen LogP contribution is -2.38. The van der Waals surface area contributed by atoms with Crippen LogP contribution in [0.2, 0.25) is 0 Å². The van der Waals surface area contributed by atoms with Crippen molar-refractivity contribution in [3.05, 3.63) is 35.4 Å². The molecule has 2 amide bonds. The average Bonchev–Trinajstić information content (AvgIpc) is 3.11. The molecule has 2 aliphatic rings. The number of nitrogens with zero attached hydrogens (tertiary/aromatic N) is 2. The van der Waals surface area contributed by atoms with Gasteiger partial charge < -0.3 is 14.9 Å². The molecule has 3 atom stereocenters. The minimum absolute atomic E-state index is 0.0657. The molecule has 2 aliphatic heterocycles. The molecule has 24 heavy (non-hydrogen) atoms. The average molecular weight is 338 g/mol. The highest BCUT2D eigenvalue weighted by Crippen LogP contribution is 2.36. The molecule has 130 valence electrons. The van der Waals surface area contributed by atoms with Crippen LogP contribution in [0.25, 0.3) is 0 Å². The molecule has 1 N–H and O–H groups in total. The Hall–Kier alpha value is -2.02. The smallest absolute Gasteiger partial charge is 0.228 e. The van der Waals surface area contributed by atoms with Gasteiger partial charge in [0.05, 0.1) is 18.1 Å². The van der Waals surface area contributed by atoms with Gasteiger partial charge in [-0.2, -0.15) is 0 Å². The topological polar surface area (TPSA) is 60.9 Å². The van der Waals surface area contributed by atoms with Crippen molar-refractivity contribution in [3.8, 4) is 0 Å². The summed E-state index contributed by atoms with van der Waals surface area (Å²) in [6, 6.07) is 2.39. The molecule has 0 aromatic heterocycles. The monoisotopic (exact) mass is 338 g/mol. The van der Waals surface area contributed by atoms with E-state index in [1.165, 1.54) is 4.90 Å². The van der Waals surface area contributed by atoms with Crippen LogP contribution in [-0.2, 0) is 9.59 Å². The summed E-state index contributed by atoms with van der Waals surface area (Å²) in [6.45, 7) is 2.78. The standard InChI is InChI=1S/C17H20F2N2O3/c1-2-20-8-10(5-16(20)23)17(24)21-9-12(22)7-15(21)13-6-11(18)3-4-14(13)19/h3-4,6,10,12,15,22H,2,5,7-9H2,1H3/t10-,12+,15+/m1/s1. The number of aliphatic hydroxyl groups excluding tert-OH is 1.